The number of benzene rings is 2. The highest BCUT2D eigenvalue weighted by Gasteiger charge is 2.09. The first-order valence-electron chi connectivity index (χ1n) is 6.48. The van der Waals surface area contributed by atoms with E-state index in [0.717, 1.165) is 39.4 Å². The minimum atomic E-state index is 0.488. The zero-order valence-electron chi connectivity index (χ0n) is 11.3. The Kier molecular flexibility index (Phi) is 3.03. The maximum Gasteiger partial charge on any atom is 0.150 e. The van der Waals surface area contributed by atoms with Gasteiger partial charge in [0, 0.05) is 21.9 Å². The zero-order valence-corrected chi connectivity index (χ0v) is 11.3. The highest BCUT2D eigenvalue weighted by molar-refractivity contribution is 6.10. The molecule has 1 aromatic heterocycles. The van der Waals surface area contributed by atoms with Crippen molar-refractivity contribution in [3.63, 3.8) is 0 Å². The number of ether oxygens (including phenoxy) is 1. The molecule has 0 amide bonds. The fraction of sp³-hybridized carbons (Fsp3) is 0.118. The minimum Gasteiger partial charge on any atom is -0.490 e. The van der Waals surface area contributed by atoms with Gasteiger partial charge < -0.3 is 9.72 Å². The summed E-state index contributed by atoms with van der Waals surface area (Å²) in [5.74, 6) is 0.815. The fourth-order valence-corrected chi connectivity index (χ4v) is 2.48. The summed E-state index contributed by atoms with van der Waals surface area (Å²) in [6.07, 6.45) is 2.61. The quantitative estimate of drug-likeness (QED) is 0.572. The molecule has 3 rings (SSSR count). The van der Waals surface area contributed by atoms with Crippen LogP contribution in [0.4, 0.5) is 0 Å². The molecule has 1 heterocycles. The van der Waals surface area contributed by atoms with Crippen molar-refractivity contribution in [1.29, 1.82) is 0 Å². The lowest BCUT2D eigenvalue weighted by molar-refractivity contribution is 0.112. The second-order valence-electron chi connectivity index (χ2n) is 4.75. The SMILES string of the molecule is C=CCOc1ccc2[nH]c3c(C)c(C=O)ccc3c2c1. The molecule has 3 aromatic rings. The maximum absolute atomic E-state index is 11.0. The molecule has 3 heteroatoms. The second kappa shape index (κ2) is 4.85. The van der Waals surface area contributed by atoms with Crippen LogP contribution in [0.3, 0.4) is 0 Å². The summed E-state index contributed by atoms with van der Waals surface area (Å²) in [5, 5.41) is 2.20. The Bertz CT molecular complexity index is 815. The van der Waals surface area contributed by atoms with E-state index in [1.54, 1.807) is 6.08 Å². The Hall–Kier alpha value is -2.55. The molecule has 0 unspecified atom stereocenters. The second-order valence-corrected chi connectivity index (χ2v) is 4.75. The van der Waals surface area contributed by atoms with Crippen molar-refractivity contribution in [1.82, 2.24) is 4.98 Å². The van der Waals surface area contributed by atoms with E-state index in [2.05, 4.69) is 11.6 Å². The third kappa shape index (κ3) is 1.88. The van der Waals surface area contributed by atoms with Crippen molar-refractivity contribution in [2.45, 2.75) is 6.92 Å². The molecule has 100 valence electrons. The Balaban J connectivity index is 2.24. The van der Waals surface area contributed by atoms with Gasteiger partial charge in [-0.1, -0.05) is 24.8 Å². The van der Waals surface area contributed by atoms with Gasteiger partial charge >= 0.3 is 0 Å². The minimum absolute atomic E-state index is 0.488. The molecule has 0 aliphatic rings. The van der Waals surface area contributed by atoms with Gasteiger partial charge in [-0.15, -0.1) is 0 Å². The van der Waals surface area contributed by atoms with Crippen molar-refractivity contribution in [2.24, 2.45) is 0 Å². The molecule has 2 aromatic carbocycles. The Morgan fingerprint density at radius 3 is 2.85 bits per heavy atom. The van der Waals surface area contributed by atoms with Crippen LogP contribution in [-0.4, -0.2) is 17.9 Å². The number of carbonyl (C=O) groups excluding carboxylic acids is 1. The molecule has 20 heavy (non-hydrogen) atoms. The highest BCUT2D eigenvalue weighted by Crippen LogP contribution is 2.31. The molecule has 0 bridgehead atoms. The number of aryl methyl sites for hydroxylation is 1. The molecule has 0 saturated carbocycles. The number of aromatic nitrogens is 1. The van der Waals surface area contributed by atoms with Crippen LogP contribution in [0.2, 0.25) is 0 Å². The Morgan fingerprint density at radius 1 is 1.25 bits per heavy atom. The third-order valence-corrected chi connectivity index (χ3v) is 3.54. The summed E-state index contributed by atoms with van der Waals surface area (Å²) in [6, 6.07) is 9.76. The molecule has 0 fully saturated rings. The summed E-state index contributed by atoms with van der Waals surface area (Å²) < 4.78 is 5.57. The number of hydrogen-bond donors (Lipinski definition) is 1. The van der Waals surface area contributed by atoms with E-state index >= 15 is 0 Å². The Morgan fingerprint density at radius 2 is 2.10 bits per heavy atom. The largest absolute Gasteiger partial charge is 0.490 e. The van der Waals surface area contributed by atoms with Crippen LogP contribution in [0.1, 0.15) is 15.9 Å². The van der Waals surface area contributed by atoms with Crippen LogP contribution >= 0.6 is 0 Å². The first-order valence-corrected chi connectivity index (χ1v) is 6.48. The lowest BCUT2D eigenvalue weighted by Gasteiger charge is -2.03. The molecule has 0 aliphatic heterocycles. The van der Waals surface area contributed by atoms with E-state index < -0.39 is 0 Å². The first-order chi connectivity index (χ1) is 9.74. The van der Waals surface area contributed by atoms with Crippen molar-refractivity contribution in [2.75, 3.05) is 6.61 Å². The van der Waals surface area contributed by atoms with Gasteiger partial charge in [0.25, 0.3) is 0 Å². The molecule has 0 radical (unpaired) electrons. The predicted octanol–water partition coefficient (Wildman–Crippen LogP) is 4.01. The van der Waals surface area contributed by atoms with Gasteiger partial charge in [-0.05, 0) is 30.7 Å². The zero-order chi connectivity index (χ0) is 14.1. The predicted molar refractivity (Wildman–Crippen MR) is 81.6 cm³/mol. The molecule has 1 N–H and O–H groups in total. The van der Waals surface area contributed by atoms with Gasteiger partial charge in [0.05, 0.1) is 5.52 Å². The average molecular weight is 265 g/mol. The number of rotatable bonds is 4. The molecule has 0 spiro atoms. The van der Waals surface area contributed by atoms with Gasteiger partial charge in [-0.2, -0.15) is 0 Å². The molecular formula is C17H15NO2. The van der Waals surface area contributed by atoms with E-state index in [-0.39, 0.29) is 0 Å². The van der Waals surface area contributed by atoms with Crippen LogP contribution in [0, 0.1) is 6.92 Å². The van der Waals surface area contributed by atoms with Crippen LogP contribution < -0.4 is 4.74 Å². The summed E-state index contributed by atoms with van der Waals surface area (Å²) in [6.45, 7) is 6.09. The van der Waals surface area contributed by atoms with Crippen molar-refractivity contribution in [3.8, 4) is 5.75 Å². The molecule has 0 aliphatic carbocycles. The summed E-state index contributed by atoms with van der Waals surface area (Å²) >= 11 is 0. The smallest absolute Gasteiger partial charge is 0.150 e. The number of hydrogen-bond acceptors (Lipinski definition) is 2. The molecule has 3 nitrogen and oxygen atoms in total. The van der Waals surface area contributed by atoms with Crippen LogP contribution in [-0.2, 0) is 0 Å². The lowest BCUT2D eigenvalue weighted by atomic mass is 10.0. The topological polar surface area (TPSA) is 42.1 Å². The molecule has 0 atom stereocenters. The van der Waals surface area contributed by atoms with Crippen molar-refractivity contribution >= 4 is 28.1 Å². The van der Waals surface area contributed by atoms with E-state index in [1.165, 1.54) is 0 Å². The number of carbonyl (C=O) groups is 1. The maximum atomic E-state index is 11.0. The number of aromatic amines is 1. The van der Waals surface area contributed by atoms with Gasteiger partial charge in [-0.3, -0.25) is 4.79 Å². The van der Waals surface area contributed by atoms with E-state index in [0.29, 0.717) is 12.2 Å². The number of H-pyrrole nitrogens is 1. The van der Waals surface area contributed by atoms with Crippen molar-refractivity contribution < 1.29 is 9.53 Å². The number of fused-ring (bicyclic) bond motifs is 3. The van der Waals surface area contributed by atoms with Gasteiger partial charge in [0.15, 0.2) is 0 Å². The number of nitrogens with one attached hydrogen (secondary N) is 1. The summed E-state index contributed by atoms with van der Waals surface area (Å²) in [7, 11) is 0. The normalized spacial score (nSPS) is 10.8. The monoisotopic (exact) mass is 265 g/mol. The van der Waals surface area contributed by atoms with E-state index in [4.69, 9.17) is 4.74 Å². The standard InChI is InChI=1S/C17H15NO2/c1-3-8-20-13-5-7-16-15(9-13)14-6-4-12(10-19)11(2)17(14)18-16/h3-7,9-10,18H,1,8H2,2H3. The lowest BCUT2D eigenvalue weighted by Crippen LogP contribution is -1.91. The third-order valence-electron chi connectivity index (χ3n) is 3.54. The van der Waals surface area contributed by atoms with E-state index in [9.17, 15) is 4.79 Å². The molecule has 0 saturated heterocycles. The van der Waals surface area contributed by atoms with E-state index in [1.807, 2.05) is 37.3 Å². The van der Waals surface area contributed by atoms with Crippen LogP contribution in [0.15, 0.2) is 43.0 Å². The van der Waals surface area contributed by atoms with Gasteiger partial charge in [0.2, 0.25) is 0 Å². The highest BCUT2D eigenvalue weighted by atomic mass is 16.5. The average Bonchev–Trinajstić information content (AvgIpc) is 2.84. The van der Waals surface area contributed by atoms with Crippen LogP contribution in [0.25, 0.3) is 21.8 Å². The van der Waals surface area contributed by atoms with Gasteiger partial charge in [-0.25, -0.2) is 0 Å². The van der Waals surface area contributed by atoms with Crippen molar-refractivity contribution in [3.05, 3.63) is 54.1 Å². The molecular weight excluding hydrogens is 250 g/mol. The van der Waals surface area contributed by atoms with Gasteiger partial charge in [0.1, 0.15) is 18.6 Å². The summed E-state index contributed by atoms with van der Waals surface area (Å²) in [5.41, 5.74) is 3.73. The van der Waals surface area contributed by atoms with Crippen LogP contribution in [0.5, 0.6) is 5.75 Å². The fourth-order valence-electron chi connectivity index (χ4n) is 2.48. The summed E-state index contributed by atoms with van der Waals surface area (Å²) in [4.78, 5) is 14.4. The first kappa shape index (κ1) is 12.5. The number of aldehydes is 1. The Labute approximate surface area is 116 Å².